The number of aromatic nitrogens is 2. The highest BCUT2D eigenvalue weighted by Gasteiger charge is 2.16. The fraction of sp³-hybridized carbons (Fsp3) is 0.438. The third-order valence-electron chi connectivity index (χ3n) is 3.22. The summed E-state index contributed by atoms with van der Waals surface area (Å²) in [5, 5.41) is 4.44. The van der Waals surface area contributed by atoms with Crippen molar-refractivity contribution in [1.82, 2.24) is 9.78 Å². The van der Waals surface area contributed by atoms with Crippen LogP contribution in [0.2, 0.25) is 0 Å². The van der Waals surface area contributed by atoms with Crippen LogP contribution in [-0.2, 0) is 13.5 Å². The molecule has 1 heterocycles. The average molecular weight is 273 g/mol. The van der Waals surface area contributed by atoms with E-state index in [1.807, 2.05) is 33.0 Å². The van der Waals surface area contributed by atoms with Crippen LogP contribution in [0.3, 0.4) is 0 Å². The molecule has 0 saturated carbocycles. The molecule has 108 valence electrons. The third-order valence-corrected chi connectivity index (χ3v) is 3.22. The van der Waals surface area contributed by atoms with E-state index in [4.69, 9.17) is 10.5 Å². The summed E-state index contributed by atoms with van der Waals surface area (Å²) in [5.74, 6) is 1.63. The second-order valence-corrected chi connectivity index (χ2v) is 5.60. The number of hydrogen-bond acceptors (Lipinski definition) is 3. The molecule has 0 aliphatic heterocycles. The maximum Gasteiger partial charge on any atom is 0.221 e. The van der Waals surface area contributed by atoms with Crippen molar-refractivity contribution in [3.05, 3.63) is 40.6 Å². The molecule has 1 unspecified atom stereocenters. The second-order valence-electron chi connectivity index (χ2n) is 5.60. The first kappa shape index (κ1) is 14.6. The van der Waals surface area contributed by atoms with E-state index in [1.165, 1.54) is 11.1 Å². The molecule has 1 aromatic heterocycles. The monoisotopic (exact) mass is 273 g/mol. The number of ether oxygens (including phenoxy) is 1. The summed E-state index contributed by atoms with van der Waals surface area (Å²) in [6.07, 6.45) is 0.764. The van der Waals surface area contributed by atoms with Crippen LogP contribution in [0.4, 0.5) is 0 Å². The molecular formula is C16H23N3O. The van der Waals surface area contributed by atoms with Crippen LogP contribution in [0.15, 0.2) is 18.2 Å². The summed E-state index contributed by atoms with van der Waals surface area (Å²) in [5.41, 5.74) is 10.4. The van der Waals surface area contributed by atoms with Crippen LogP contribution in [-0.4, -0.2) is 15.8 Å². The smallest absolute Gasteiger partial charge is 0.221 e. The minimum Gasteiger partial charge on any atom is -0.439 e. The van der Waals surface area contributed by atoms with Gasteiger partial charge >= 0.3 is 0 Å². The molecule has 0 fully saturated rings. The predicted octanol–water partition coefficient (Wildman–Crippen LogP) is 3.03. The molecule has 0 spiro atoms. The number of hydrogen-bond donors (Lipinski definition) is 1. The van der Waals surface area contributed by atoms with Crippen LogP contribution in [0, 0.1) is 20.8 Å². The highest BCUT2D eigenvalue weighted by molar-refractivity contribution is 5.39. The molecule has 2 aromatic rings. The van der Waals surface area contributed by atoms with Gasteiger partial charge < -0.3 is 10.5 Å². The normalized spacial score (nSPS) is 12.5. The van der Waals surface area contributed by atoms with Crippen molar-refractivity contribution in [2.24, 2.45) is 12.8 Å². The Morgan fingerprint density at radius 1 is 1.20 bits per heavy atom. The van der Waals surface area contributed by atoms with Gasteiger partial charge in [0.25, 0.3) is 0 Å². The highest BCUT2D eigenvalue weighted by Crippen LogP contribution is 2.29. The zero-order valence-corrected chi connectivity index (χ0v) is 12.9. The van der Waals surface area contributed by atoms with Crippen LogP contribution >= 0.6 is 0 Å². The molecule has 0 amide bonds. The standard InChI is InChI=1S/C16H23N3O/c1-10-6-11(2)8-14(7-10)20-16-15(9-12(3)17)13(4)18-19(16)5/h6-8,12H,9,17H2,1-5H3. The lowest BCUT2D eigenvalue weighted by Gasteiger charge is -2.11. The van der Waals surface area contributed by atoms with Gasteiger partial charge in [0, 0.05) is 18.7 Å². The van der Waals surface area contributed by atoms with Gasteiger partial charge in [-0.1, -0.05) is 6.07 Å². The summed E-state index contributed by atoms with van der Waals surface area (Å²) in [6, 6.07) is 6.28. The molecular weight excluding hydrogens is 250 g/mol. The molecule has 0 radical (unpaired) electrons. The van der Waals surface area contributed by atoms with E-state index in [1.54, 1.807) is 4.68 Å². The molecule has 4 nitrogen and oxygen atoms in total. The van der Waals surface area contributed by atoms with E-state index in [9.17, 15) is 0 Å². The van der Waals surface area contributed by atoms with Gasteiger partial charge in [0.1, 0.15) is 5.75 Å². The van der Waals surface area contributed by atoms with Crippen molar-refractivity contribution in [3.8, 4) is 11.6 Å². The van der Waals surface area contributed by atoms with Gasteiger partial charge in [0.05, 0.1) is 5.69 Å². The Hall–Kier alpha value is -1.81. The molecule has 0 bridgehead atoms. The van der Waals surface area contributed by atoms with Gasteiger partial charge in [-0.05, 0) is 57.4 Å². The van der Waals surface area contributed by atoms with Crippen molar-refractivity contribution in [2.75, 3.05) is 0 Å². The molecule has 4 heteroatoms. The second kappa shape index (κ2) is 5.67. The summed E-state index contributed by atoms with van der Waals surface area (Å²) < 4.78 is 7.85. The minimum atomic E-state index is 0.0829. The Balaban J connectivity index is 2.37. The summed E-state index contributed by atoms with van der Waals surface area (Å²) in [4.78, 5) is 0. The van der Waals surface area contributed by atoms with Gasteiger partial charge in [0.2, 0.25) is 5.88 Å². The van der Waals surface area contributed by atoms with Crippen LogP contribution in [0.25, 0.3) is 0 Å². The van der Waals surface area contributed by atoms with E-state index in [0.717, 1.165) is 29.3 Å². The molecule has 0 aliphatic carbocycles. The van der Waals surface area contributed by atoms with Crippen molar-refractivity contribution in [2.45, 2.75) is 40.2 Å². The number of nitrogens with zero attached hydrogens (tertiary/aromatic N) is 2. The van der Waals surface area contributed by atoms with Crippen LogP contribution in [0.1, 0.15) is 29.3 Å². The number of benzene rings is 1. The first-order valence-electron chi connectivity index (χ1n) is 6.91. The van der Waals surface area contributed by atoms with E-state index < -0.39 is 0 Å². The van der Waals surface area contributed by atoms with Crippen molar-refractivity contribution < 1.29 is 4.74 Å². The zero-order valence-electron chi connectivity index (χ0n) is 12.9. The van der Waals surface area contributed by atoms with Crippen LogP contribution in [0.5, 0.6) is 11.6 Å². The lowest BCUT2D eigenvalue weighted by atomic mass is 10.1. The highest BCUT2D eigenvalue weighted by atomic mass is 16.5. The van der Waals surface area contributed by atoms with E-state index in [-0.39, 0.29) is 6.04 Å². The van der Waals surface area contributed by atoms with Gasteiger partial charge in [-0.15, -0.1) is 0 Å². The van der Waals surface area contributed by atoms with Gasteiger partial charge in [-0.2, -0.15) is 5.10 Å². The number of nitrogens with two attached hydrogens (primary N) is 1. The molecule has 2 rings (SSSR count). The summed E-state index contributed by atoms with van der Waals surface area (Å²) in [7, 11) is 1.90. The lowest BCUT2D eigenvalue weighted by Crippen LogP contribution is -2.18. The first-order chi connectivity index (χ1) is 9.36. The Labute approximate surface area is 120 Å². The van der Waals surface area contributed by atoms with Crippen LogP contribution < -0.4 is 10.5 Å². The fourth-order valence-electron chi connectivity index (χ4n) is 2.47. The third kappa shape index (κ3) is 3.20. The molecule has 0 aliphatic rings. The van der Waals surface area contributed by atoms with E-state index in [0.29, 0.717) is 0 Å². The summed E-state index contributed by atoms with van der Waals surface area (Å²) >= 11 is 0. The minimum absolute atomic E-state index is 0.0829. The maximum atomic E-state index is 6.07. The predicted molar refractivity (Wildman–Crippen MR) is 81.3 cm³/mol. The molecule has 1 aromatic carbocycles. The molecule has 2 N–H and O–H groups in total. The Morgan fingerprint density at radius 3 is 2.35 bits per heavy atom. The average Bonchev–Trinajstić information content (AvgIpc) is 2.54. The number of aryl methyl sites for hydroxylation is 4. The molecule has 20 heavy (non-hydrogen) atoms. The Morgan fingerprint density at radius 2 is 1.80 bits per heavy atom. The Kier molecular flexibility index (Phi) is 4.14. The van der Waals surface area contributed by atoms with Gasteiger partial charge in [0.15, 0.2) is 0 Å². The van der Waals surface area contributed by atoms with Crippen molar-refractivity contribution in [1.29, 1.82) is 0 Å². The molecule has 1 atom stereocenters. The lowest BCUT2D eigenvalue weighted by molar-refractivity contribution is 0.424. The largest absolute Gasteiger partial charge is 0.439 e. The zero-order chi connectivity index (χ0) is 14.9. The SMILES string of the molecule is Cc1cc(C)cc(Oc2c(CC(C)N)c(C)nn2C)c1. The van der Waals surface area contributed by atoms with Crippen molar-refractivity contribution >= 4 is 0 Å². The Bertz CT molecular complexity index is 594. The number of rotatable bonds is 4. The summed E-state index contributed by atoms with van der Waals surface area (Å²) in [6.45, 7) is 8.12. The van der Waals surface area contributed by atoms with E-state index in [2.05, 4.69) is 25.0 Å². The van der Waals surface area contributed by atoms with Crippen molar-refractivity contribution in [3.63, 3.8) is 0 Å². The molecule has 0 saturated heterocycles. The first-order valence-corrected chi connectivity index (χ1v) is 6.91. The van der Waals surface area contributed by atoms with Gasteiger partial charge in [-0.3, -0.25) is 0 Å². The van der Waals surface area contributed by atoms with E-state index >= 15 is 0 Å². The maximum absolute atomic E-state index is 6.07. The quantitative estimate of drug-likeness (QED) is 0.931. The fourth-order valence-corrected chi connectivity index (χ4v) is 2.47. The topological polar surface area (TPSA) is 53.1 Å². The van der Waals surface area contributed by atoms with Gasteiger partial charge in [-0.25, -0.2) is 4.68 Å².